The number of aliphatic hydroxyl groups is 9. The molecular formula is C44H72O17. The molecule has 9 rings (SSSR count). The van der Waals surface area contributed by atoms with E-state index in [4.69, 9.17) is 37.9 Å². The first-order valence-corrected chi connectivity index (χ1v) is 23.2. The molecule has 9 N–H and O–H groups in total. The third-order valence-corrected chi connectivity index (χ3v) is 17.7. The summed E-state index contributed by atoms with van der Waals surface area (Å²) in [6, 6.07) is 0. The second kappa shape index (κ2) is 17.2. The standard InChI is InChI=1S/C44H72O17/c1-19-7-12-44(54-18-19)15-26-27(61-44)14-25-23-6-5-21-13-22(8-10-42(21,3)24(23)9-11-43(25,26)4)56-41-38(33(50)31(48)29(17-46)58-41)60-39-36(53)34(51)37(20(2)55-39)59-40-35(52)32(49)30(47)28(16-45)57-40/h19-41,45-53H,5-18H2,1-4H3. The van der Waals surface area contributed by atoms with E-state index < -0.39 is 105 Å². The molecule has 61 heavy (non-hydrogen) atoms. The monoisotopic (exact) mass is 872 g/mol. The van der Waals surface area contributed by atoms with E-state index in [0.29, 0.717) is 35.5 Å². The third kappa shape index (κ3) is 7.78. The average molecular weight is 873 g/mol. The molecule has 4 aliphatic carbocycles. The fourth-order valence-corrected chi connectivity index (χ4v) is 14.1. The first kappa shape index (κ1) is 45.5. The van der Waals surface area contributed by atoms with Gasteiger partial charge in [-0.2, -0.15) is 0 Å². The van der Waals surface area contributed by atoms with Gasteiger partial charge in [-0.25, -0.2) is 0 Å². The molecule has 5 aliphatic heterocycles. The number of aliphatic hydroxyl groups excluding tert-OH is 9. The second-order valence-electron chi connectivity index (χ2n) is 21.1. The lowest BCUT2D eigenvalue weighted by molar-refractivity contribution is -0.384. The van der Waals surface area contributed by atoms with Gasteiger partial charge in [-0.05, 0) is 111 Å². The van der Waals surface area contributed by atoms with E-state index in [0.717, 1.165) is 64.4 Å². The summed E-state index contributed by atoms with van der Waals surface area (Å²) in [6.07, 6.45) is -10.9. The Morgan fingerprint density at radius 1 is 0.574 bits per heavy atom. The molecule has 5 heterocycles. The molecule has 4 saturated carbocycles. The van der Waals surface area contributed by atoms with Crippen molar-refractivity contribution >= 4 is 0 Å². The van der Waals surface area contributed by atoms with Crippen LogP contribution in [-0.4, -0.2) is 176 Å². The van der Waals surface area contributed by atoms with Crippen molar-refractivity contribution in [3.8, 4) is 0 Å². The van der Waals surface area contributed by atoms with E-state index in [9.17, 15) is 46.0 Å². The Hall–Kier alpha value is -0.680. The van der Waals surface area contributed by atoms with Gasteiger partial charge in [-0.1, -0.05) is 20.8 Å². The third-order valence-electron chi connectivity index (χ3n) is 17.7. The summed E-state index contributed by atoms with van der Waals surface area (Å²) >= 11 is 0. The lowest BCUT2D eigenvalue weighted by Gasteiger charge is -2.61. The van der Waals surface area contributed by atoms with Crippen molar-refractivity contribution in [3.05, 3.63) is 0 Å². The Labute approximate surface area is 357 Å². The van der Waals surface area contributed by atoms with Crippen molar-refractivity contribution in [3.63, 3.8) is 0 Å². The van der Waals surface area contributed by atoms with Crippen LogP contribution in [0.1, 0.15) is 98.3 Å². The SMILES string of the molecule is CC1CCC2(CC3C(CC4C5CCC6CC(OC7OC(CO)C(O)C(O)C7OC7OC(C)C(OC8OC(CO)C(O)C(O)C8O)C(O)C7O)CCC6(C)C5CCC34C)O2)OC1. The highest BCUT2D eigenvalue weighted by Crippen LogP contribution is 2.70. The maximum absolute atomic E-state index is 11.4. The smallest absolute Gasteiger partial charge is 0.187 e. The van der Waals surface area contributed by atoms with Crippen molar-refractivity contribution in [2.75, 3.05) is 19.8 Å². The lowest BCUT2D eigenvalue weighted by atomic mass is 9.44. The Morgan fingerprint density at radius 2 is 1.21 bits per heavy atom. The van der Waals surface area contributed by atoms with Crippen LogP contribution in [0.2, 0.25) is 0 Å². The quantitative estimate of drug-likeness (QED) is 0.146. The van der Waals surface area contributed by atoms with Crippen LogP contribution < -0.4 is 0 Å². The van der Waals surface area contributed by atoms with Crippen LogP contribution >= 0.6 is 0 Å². The van der Waals surface area contributed by atoms with Gasteiger partial charge in [0.2, 0.25) is 0 Å². The summed E-state index contributed by atoms with van der Waals surface area (Å²) in [5.41, 5.74) is 0.397. The number of fused-ring (bicyclic) bond motifs is 7. The minimum absolute atomic E-state index is 0.139. The maximum Gasteiger partial charge on any atom is 0.187 e. The number of hydrogen-bond donors (Lipinski definition) is 9. The van der Waals surface area contributed by atoms with Gasteiger partial charge in [0.1, 0.15) is 67.1 Å². The minimum Gasteiger partial charge on any atom is -0.394 e. The van der Waals surface area contributed by atoms with Gasteiger partial charge in [-0.15, -0.1) is 0 Å². The minimum atomic E-state index is -1.79. The van der Waals surface area contributed by atoms with Gasteiger partial charge in [0.15, 0.2) is 24.7 Å². The van der Waals surface area contributed by atoms with Crippen LogP contribution in [0.5, 0.6) is 0 Å². The summed E-state index contributed by atoms with van der Waals surface area (Å²) in [7, 11) is 0. The molecule has 0 bridgehead atoms. The van der Waals surface area contributed by atoms with Gasteiger partial charge in [-0.3, -0.25) is 0 Å². The maximum atomic E-state index is 11.4. The van der Waals surface area contributed by atoms with Crippen LogP contribution in [0, 0.1) is 46.3 Å². The molecule has 26 atom stereocenters. The first-order chi connectivity index (χ1) is 29.0. The Morgan fingerprint density at radius 3 is 1.92 bits per heavy atom. The highest BCUT2D eigenvalue weighted by atomic mass is 16.8. The molecular weight excluding hydrogens is 800 g/mol. The number of hydrogen-bond acceptors (Lipinski definition) is 17. The van der Waals surface area contributed by atoms with E-state index in [2.05, 4.69) is 20.8 Å². The average Bonchev–Trinajstić information content (AvgIpc) is 3.74. The van der Waals surface area contributed by atoms with Crippen LogP contribution in [0.15, 0.2) is 0 Å². The van der Waals surface area contributed by atoms with E-state index >= 15 is 0 Å². The Kier molecular flexibility index (Phi) is 12.8. The Bertz CT molecular complexity index is 1520. The van der Waals surface area contributed by atoms with Gasteiger partial charge in [0.05, 0.1) is 38.1 Å². The summed E-state index contributed by atoms with van der Waals surface area (Å²) in [6.45, 7) is 8.32. The molecule has 26 unspecified atom stereocenters. The predicted octanol–water partition coefficient (Wildman–Crippen LogP) is 0.0480. The van der Waals surface area contributed by atoms with Crippen molar-refractivity contribution in [2.45, 2.75) is 208 Å². The summed E-state index contributed by atoms with van der Waals surface area (Å²) < 4.78 is 49.3. The molecule has 0 aromatic heterocycles. The lowest BCUT2D eigenvalue weighted by Crippen LogP contribution is -2.66. The van der Waals surface area contributed by atoms with E-state index in [1.165, 1.54) is 19.8 Å². The zero-order valence-electron chi connectivity index (χ0n) is 36.0. The van der Waals surface area contributed by atoms with Gasteiger partial charge < -0.3 is 83.9 Å². The zero-order chi connectivity index (χ0) is 43.3. The molecule has 350 valence electrons. The molecule has 0 amide bonds. The van der Waals surface area contributed by atoms with Crippen molar-refractivity contribution in [1.82, 2.24) is 0 Å². The van der Waals surface area contributed by atoms with Crippen LogP contribution in [0.3, 0.4) is 0 Å². The van der Waals surface area contributed by atoms with Gasteiger partial charge >= 0.3 is 0 Å². The molecule has 5 saturated heterocycles. The molecule has 9 aliphatic rings. The second-order valence-corrected chi connectivity index (χ2v) is 21.1. The highest BCUT2D eigenvalue weighted by Gasteiger charge is 2.67. The van der Waals surface area contributed by atoms with Crippen LogP contribution in [0.4, 0.5) is 0 Å². The summed E-state index contributed by atoms with van der Waals surface area (Å²) in [5.74, 6) is 3.05. The van der Waals surface area contributed by atoms with Crippen LogP contribution in [0.25, 0.3) is 0 Å². The normalized spacial score (nSPS) is 58.5. The largest absolute Gasteiger partial charge is 0.394 e. The highest BCUT2D eigenvalue weighted by molar-refractivity contribution is 5.14. The van der Waals surface area contributed by atoms with Crippen molar-refractivity contribution in [1.29, 1.82) is 0 Å². The predicted molar refractivity (Wildman–Crippen MR) is 210 cm³/mol. The fraction of sp³-hybridized carbons (Fsp3) is 1.00. The molecule has 0 aromatic carbocycles. The van der Waals surface area contributed by atoms with Gasteiger partial charge in [0.25, 0.3) is 0 Å². The van der Waals surface area contributed by atoms with E-state index in [1.54, 1.807) is 0 Å². The molecule has 1 spiro atoms. The number of ether oxygens (including phenoxy) is 8. The summed E-state index contributed by atoms with van der Waals surface area (Å²) in [5, 5.41) is 95.3. The zero-order valence-corrected chi connectivity index (χ0v) is 36.0. The number of rotatable bonds is 8. The fourth-order valence-electron chi connectivity index (χ4n) is 14.1. The van der Waals surface area contributed by atoms with Crippen LogP contribution in [-0.2, 0) is 37.9 Å². The molecule has 0 aromatic rings. The molecule has 9 fully saturated rings. The van der Waals surface area contributed by atoms with Crippen molar-refractivity contribution < 1.29 is 83.9 Å². The topological polar surface area (TPSA) is 256 Å². The van der Waals surface area contributed by atoms with E-state index in [-0.39, 0.29) is 28.8 Å². The van der Waals surface area contributed by atoms with Gasteiger partial charge in [0, 0.05) is 12.8 Å². The van der Waals surface area contributed by atoms with Crippen molar-refractivity contribution in [2.24, 2.45) is 46.3 Å². The first-order valence-electron chi connectivity index (χ1n) is 23.2. The molecule has 0 radical (unpaired) electrons. The molecule has 17 heteroatoms. The summed E-state index contributed by atoms with van der Waals surface area (Å²) in [4.78, 5) is 0. The Balaban J connectivity index is 0.839. The van der Waals surface area contributed by atoms with E-state index in [1.807, 2.05) is 0 Å². The molecule has 17 nitrogen and oxygen atoms in total.